The van der Waals surface area contributed by atoms with Gasteiger partial charge in [0.15, 0.2) is 0 Å². The molecule has 4 heteroatoms. The van der Waals surface area contributed by atoms with Crippen LogP contribution >= 0.6 is 0 Å². The number of amides is 2. The number of urea groups is 1. The average Bonchev–Trinajstić information content (AvgIpc) is 2.85. The molecule has 0 aromatic rings. The Hall–Kier alpha value is -1.03. The van der Waals surface area contributed by atoms with E-state index in [1.54, 1.807) is 0 Å². The first kappa shape index (κ1) is 14.4. The number of carbonyl (C=O) groups is 1. The van der Waals surface area contributed by atoms with Crippen molar-refractivity contribution in [1.29, 1.82) is 0 Å². The molecule has 108 valence electrons. The van der Waals surface area contributed by atoms with E-state index in [-0.39, 0.29) is 6.03 Å². The van der Waals surface area contributed by atoms with Gasteiger partial charge >= 0.3 is 6.03 Å². The lowest BCUT2D eigenvalue weighted by Gasteiger charge is -2.22. The summed E-state index contributed by atoms with van der Waals surface area (Å²) in [5.41, 5.74) is 0.810. The fourth-order valence-electron chi connectivity index (χ4n) is 2.99. The van der Waals surface area contributed by atoms with Crippen LogP contribution in [0, 0.1) is 0 Å². The maximum absolute atomic E-state index is 11.6. The lowest BCUT2D eigenvalue weighted by molar-refractivity contribution is 0.0501. The van der Waals surface area contributed by atoms with Crippen molar-refractivity contribution in [2.75, 3.05) is 13.1 Å². The molecule has 4 nitrogen and oxygen atoms in total. The summed E-state index contributed by atoms with van der Waals surface area (Å²) in [6.45, 7) is 1.07. The molecule has 2 aliphatic rings. The maximum Gasteiger partial charge on any atom is 0.314 e. The third-order valence-corrected chi connectivity index (χ3v) is 4.23. The van der Waals surface area contributed by atoms with Gasteiger partial charge in [-0.3, -0.25) is 0 Å². The summed E-state index contributed by atoms with van der Waals surface area (Å²) in [4.78, 5) is 11.6. The van der Waals surface area contributed by atoms with E-state index >= 15 is 0 Å². The molecular weight excluding hydrogens is 240 g/mol. The van der Waals surface area contributed by atoms with Crippen molar-refractivity contribution in [2.45, 2.75) is 63.4 Å². The number of hydrogen-bond acceptors (Lipinski definition) is 2. The van der Waals surface area contributed by atoms with Crippen molar-refractivity contribution in [3.8, 4) is 0 Å². The van der Waals surface area contributed by atoms with Crippen LogP contribution in [0.1, 0.15) is 57.8 Å². The second-order valence-electron chi connectivity index (χ2n) is 5.90. The topological polar surface area (TPSA) is 61.4 Å². The van der Waals surface area contributed by atoms with Gasteiger partial charge in [0.1, 0.15) is 0 Å². The highest BCUT2D eigenvalue weighted by atomic mass is 16.3. The van der Waals surface area contributed by atoms with Gasteiger partial charge in [-0.1, -0.05) is 24.5 Å². The molecule has 2 aliphatic carbocycles. The number of carbonyl (C=O) groups excluding carboxylic acids is 1. The van der Waals surface area contributed by atoms with E-state index in [2.05, 4.69) is 16.7 Å². The number of hydrogen-bond donors (Lipinski definition) is 3. The second kappa shape index (κ2) is 6.94. The summed E-state index contributed by atoms with van der Waals surface area (Å²) in [7, 11) is 0. The maximum atomic E-state index is 11.6. The summed E-state index contributed by atoms with van der Waals surface area (Å²) in [5, 5.41) is 15.8. The van der Waals surface area contributed by atoms with Crippen LogP contribution in [-0.4, -0.2) is 29.8 Å². The van der Waals surface area contributed by atoms with E-state index in [1.165, 1.54) is 31.3 Å². The molecule has 1 saturated carbocycles. The first-order chi connectivity index (χ1) is 9.18. The Balaban J connectivity index is 1.58. The Morgan fingerprint density at radius 1 is 1.21 bits per heavy atom. The van der Waals surface area contributed by atoms with Crippen LogP contribution in [-0.2, 0) is 0 Å². The molecule has 3 N–H and O–H groups in total. The average molecular weight is 266 g/mol. The van der Waals surface area contributed by atoms with Crippen molar-refractivity contribution >= 4 is 6.03 Å². The van der Waals surface area contributed by atoms with Crippen LogP contribution in [0.5, 0.6) is 0 Å². The SMILES string of the molecule is O=C(NCCC1=CCCCC1)NCC1(O)CCCC1. The summed E-state index contributed by atoms with van der Waals surface area (Å²) < 4.78 is 0. The van der Waals surface area contributed by atoms with Crippen molar-refractivity contribution < 1.29 is 9.90 Å². The van der Waals surface area contributed by atoms with Gasteiger partial charge < -0.3 is 15.7 Å². The van der Waals surface area contributed by atoms with Gasteiger partial charge in [0.2, 0.25) is 0 Å². The zero-order valence-corrected chi connectivity index (χ0v) is 11.7. The smallest absolute Gasteiger partial charge is 0.314 e. The summed E-state index contributed by atoms with van der Waals surface area (Å²) in [5.74, 6) is 0. The van der Waals surface area contributed by atoms with E-state index < -0.39 is 5.60 Å². The van der Waals surface area contributed by atoms with E-state index in [4.69, 9.17) is 0 Å². The van der Waals surface area contributed by atoms with Gasteiger partial charge in [0.25, 0.3) is 0 Å². The third kappa shape index (κ3) is 4.86. The van der Waals surface area contributed by atoms with E-state index in [0.29, 0.717) is 13.1 Å². The monoisotopic (exact) mass is 266 g/mol. The molecule has 0 aromatic heterocycles. The lowest BCUT2D eigenvalue weighted by atomic mass is 9.97. The summed E-state index contributed by atoms with van der Waals surface area (Å²) in [6, 6.07) is -0.156. The molecule has 1 fully saturated rings. The van der Waals surface area contributed by atoms with Gasteiger partial charge in [-0.2, -0.15) is 0 Å². The minimum absolute atomic E-state index is 0.156. The lowest BCUT2D eigenvalue weighted by Crippen LogP contribution is -2.45. The molecule has 0 saturated heterocycles. The summed E-state index contributed by atoms with van der Waals surface area (Å²) >= 11 is 0. The van der Waals surface area contributed by atoms with Gasteiger partial charge in [-0.25, -0.2) is 4.79 Å². The third-order valence-electron chi connectivity index (χ3n) is 4.23. The Kier molecular flexibility index (Phi) is 5.25. The predicted octanol–water partition coefficient (Wildman–Crippen LogP) is 2.48. The quantitative estimate of drug-likeness (QED) is 0.669. The van der Waals surface area contributed by atoms with E-state index in [9.17, 15) is 9.90 Å². The molecule has 2 rings (SSSR count). The molecule has 0 heterocycles. The zero-order chi connectivity index (χ0) is 13.6. The highest BCUT2D eigenvalue weighted by Gasteiger charge is 2.31. The van der Waals surface area contributed by atoms with Crippen molar-refractivity contribution in [1.82, 2.24) is 10.6 Å². The summed E-state index contributed by atoms with van der Waals surface area (Å²) in [6.07, 6.45) is 12.0. The fraction of sp³-hybridized carbons (Fsp3) is 0.800. The molecule has 0 bridgehead atoms. The van der Waals surface area contributed by atoms with Crippen LogP contribution in [0.3, 0.4) is 0 Å². The van der Waals surface area contributed by atoms with Crippen LogP contribution < -0.4 is 10.6 Å². The van der Waals surface area contributed by atoms with Gasteiger partial charge in [-0.15, -0.1) is 0 Å². The zero-order valence-electron chi connectivity index (χ0n) is 11.7. The molecule has 0 radical (unpaired) electrons. The normalized spacial score (nSPS) is 21.8. The molecular formula is C15H26N2O2. The fourth-order valence-corrected chi connectivity index (χ4v) is 2.99. The standard InChI is InChI=1S/C15H26N2O2/c18-14(17-12-15(19)9-4-5-10-15)16-11-8-13-6-2-1-3-7-13/h6,19H,1-5,7-12H2,(H2,16,17,18). The van der Waals surface area contributed by atoms with Crippen LogP contribution in [0.4, 0.5) is 4.79 Å². The Labute approximate surface area is 115 Å². The minimum Gasteiger partial charge on any atom is -0.388 e. The molecule has 0 atom stereocenters. The van der Waals surface area contributed by atoms with Crippen LogP contribution in [0.2, 0.25) is 0 Å². The highest BCUT2D eigenvalue weighted by molar-refractivity contribution is 5.73. The number of rotatable bonds is 5. The molecule has 0 spiro atoms. The number of aliphatic hydroxyl groups is 1. The van der Waals surface area contributed by atoms with Crippen molar-refractivity contribution in [3.63, 3.8) is 0 Å². The first-order valence-corrected chi connectivity index (χ1v) is 7.60. The molecule has 0 unspecified atom stereocenters. The second-order valence-corrected chi connectivity index (χ2v) is 5.90. The molecule has 19 heavy (non-hydrogen) atoms. The minimum atomic E-state index is -0.663. The van der Waals surface area contributed by atoms with E-state index in [1.807, 2.05) is 0 Å². The first-order valence-electron chi connectivity index (χ1n) is 7.60. The molecule has 0 aliphatic heterocycles. The van der Waals surface area contributed by atoms with Gasteiger partial charge in [-0.05, 0) is 44.9 Å². The number of allylic oxidation sites excluding steroid dienone is 1. The predicted molar refractivity (Wildman–Crippen MR) is 76.0 cm³/mol. The van der Waals surface area contributed by atoms with Crippen LogP contribution in [0.15, 0.2) is 11.6 Å². The molecule has 2 amide bonds. The van der Waals surface area contributed by atoms with Crippen molar-refractivity contribution in [2.24, 2.45) is 0 Å². The Morgan fingerprint density at radius 3 is 2.68 bits per heavy atom. The van der Waals surface area contributed by atoms with Gasteiger partial charge in [0.05, 0.1) is 5.60 Å². The highest BCUT2D eigenvalue weighted by Crippen LogP contribution is 2.28. The van der Waals surface area contributed by atoms with E-state index in [0.717, 1.165) is 32.1 Å². The Bertz CT molecular complexity index is 333. The molecule has 0 aromatic carbocycles. The largest absolute Gasteiger partial charge is 0.388 e. The van der Waals surface area contributed by atoms with Gasteiger partial charge in [0, 0.05) is 13.1 Å². The van der Waals surface area contributed by atoms with Crippen LogP contribution in [0.25, 0.3) is 0 Å². The number of nitrogens with one attached hydrogen (secondary N) is 2. The van der Waals surface area contributed by atoms with Crippen molar-refractivity contribution in [3.05, 3.63) is 11.6 Å². The Morgan fingerprint density at radius 2 is 2.00 bits per heavy atom.